The fourth-order valence-electron chi connectivity index (χ4n) is 3.14. The summed E-state index contributed by atoms with van der Waals surface area (Å²) in [4.78, 5) is 24.8. The third kappa shape index (κ3) is 6.43. The van der Waals surface area contributed by atoms with Gasteiger partial charge in [-0.15, -0.1) is 10.2 Å². The van der Waals surface area contributed by atoms with Gasteiger partial charge in [-0.1, -0.05) is 55.4 Å². The van der Waals surface area contributed by atoms with Crippen molar-refractivity contribution in [1.82, 2.24) is 14.8 Å². The van der Waals surface area contributed by atoms with Gasteiger partial charge >= 0.3 is 0 Å². The number of hydrogen-bond donors (Lipinski definition) is 2. The van der Waals surface area contributed by atoms with Crippen molar-refractivity contribution in [1.29, 1.82) is 0 Å². The van der Waals surface area contributed by atoms with Crippen molar-refractivity contribution in [2.75, 3.05) is 16.4 Å². The van der Waals surface area contributed by atoms with E-state index in [2.05, 4.69) is 34.7 Å². The zero-order valence-electron chi connectivity index (χ0n) is 18.9. The summed E-state index contributed by atoms with van der Waals surface area (Å²) < 4.78 is 1.87. The lowest BCUT2D eigenvalue weighted by Gasteiger charge is -2.09. The van der Waals surface area contributed by atoms with Crippen molar-refractivity contribution in [3.8, 4) is 0 Å². The van der Waals surface area contributed by atoms with Gasteiger partial charge in [0.25, 0.3) is 0 Å². The van der Waals surface area contributed by atoms with Crippen LogP contribution in [-0.2, 0) is 22.6 Å². The minimum Gasteiger partial charge on any atom is -0.326 e. The predicted molar refractivity (Wildman–Crippen MR) is 129 cm³/mol. The third-order valence-corrected chi connectivity index (χ3v) is 5.92. The Morgan fingerprint density at radius 3 is 2.12 bits per heavy atom. The number of aromatic nitrogens is 3. The highest BCUT2D eigenvalue weighted by Crippen LogP contribution is 2.20. The van der Waals surface area contributed by atoms with E-state index in [1.807, 2.05) is 66.9 Å². The van der Waals surface area contributed by atoms with Crippen LogP contribution in [0, 0.1) is 6.92 Å². The molecule has 7 nitrogen and oxygen atoms in total. The zero-order valence-corrected chi connectivity index (χ0v) is 19.7. The number of nitrogens with zero attached hydrogens (tertiary/aromatic N) is 3. The van der Waals surface area contributed by atoms with E-state index in [1.165, 1.54) is 17.3 Å². The molecule has 0 fully saturated rings. The molecule has 168 valence electrons. The van der Waals surface area contributed by atoms with Crippen molar-refractivity contribution in [3.63, 3.8) is 0 Å². The van der Waals surface area contributed by atoms with Gasteiger partial charge in [0.1, 0.15) is 5.82 Å². The minimum atomic E-state index is -0.157. The van der Waals surface area contributed by atoms with E-state index in [4.69, 9.17) is 0 Å². The number of nitrogens with one attached hydrogen (secondary N) is 2. The van der Waals surface area contributed by atoms with Crippen molar-refractivity contribution >= 4 is 35.0 Å². The molecule has 32 heavy (non-hydrogen) atoms. The largest absolute Gasteiger partial charge is 0.326 e. The van der Waals surface area contributed by atoms with Crippen molar-refractivity contribution in [2.24, 2.45) is 0 Å². The summed E-state index contributed by atoms with van der Waals surface area (Å²) in [5.41, 5.74) is 3.88. The van der Waals surface area contributed by atoms with E-state index in [1.54, 1.807) is 0 Å². The molecule has 3 aromatic rings. The van der Waals surface area contributed by atoms with Crippen LogP contribution in [0.15, 0.2) is 53.7 Å². The fourth-order valence-corrected chi connectivity index (χ4v) is 3.96. The van der Waals surface area contributed by atoms with E-state index >= 15 is 0 Å². The van der Waals surface area contributed by atoms with Crippen LogP contribution in [0.3, 0.4) is 0 Å². The second kappa shape index (κ2) is 10.9. The molecule has 3 rings (SSSR count). The Bertz CT molecular complexity index is 1060. The second-order valence-electron chi connectivity index (χ2n) is 7.85. The van der Waals surface area contributed by atoms with Crippen molar-refractivity contribution in [2.45, 2.75) is 51.7 Å². The Morgan fingerprint density at radius 1 is 0.938 bits per heavy atom. The summed E-state index contributed by atoms with van der Waals surface area (Å²) in [6, 6.07) is 15.5. The van der Waals surface area contributed by atoms with Gasteiger partial charge in [0.2, 0.25) is 11.8 Å². The lowest BCUT2D eigenvalue weighted by atomic mass is 10.0. The fraction of sp³-hybridized carbons (Fsp3) is 0.333. The van der Waals surface area contributed by atoms with Gasteiger partial charge in [-0.2, -0.15) is 0 Å². The van der Waals surface area contributed by atoms with Crippen LogP contribution in [0.25, 0.3) is 0 Å². The van der Waals surface area contributed by atoms with Crippen LogP contribution in [0.4, 0.5) is 11.4 Å². The predicted octanol–water partition coefficient (Wildman–Crippen LogP) is 4.64. The molecule has 0 saturated carbocycles. The maximum atomic E-state index is 12.4. The van der Waals surface area contributed by atoms with Gasteiger partial charge < -0.3 is 15.2 Å². The summed E-state index contributed by atoms with van der Waals surface area (Å²) in [5.74, 6) is 0.958. The van der Waals surface area contributed by atoms with Crippen LogP contribution in [0.5, 0.6) is 0 Å². The Labute approximate surface area is 193 Å². The summed E-state index contributed by atoms with van der Waals surface area (Å²) in [6.45, 7) is 8.84. The smallest absolute Gasteiger partial charge is 0.234 e. The highest BCUT2D eigenvalue weighted by molar-refractivity contribution is 7.99. The molecule has 0 atom stereocenters. The summed E-state index contributed by atoms with van der Waals surface area (Å²) >= 11 is 1.31. The first kappa shape index (κ1) is 23.5. The molecule has 0 bridgehead atoms. The molecular weight excluding hydrogens is 422 g/mol. The van der Waals surface area contributed by atoms with Gasteiger partial charge in [0.05, 0.1) is 12.2 Å². The van der Waals surface area contributed by atoms with Crippen molar-refractivity contribution < 1.29 is 9.59 Å². The lowest BCUT2D eigenvalue weighted by molar-refractivity contribution is -0.116. The molecule has 0 spiro atoms. The van der Waals surface area contributed by atoms with Crippen molar-refractivity contribution in [3.05, 3.63) is 65.5 Å². The number of rotatable bonds is 9. The SMILES string of the molecule is CCn1c(CC(=O)Nc2ccc(C)cc2)nnc1SCC(=O)Nc1ccc(C(C)C)cc1. The molecule has 0 radical (unpaired) electrons. The Balaban J connectivity index is 1.55. The summed E-state index contributed by atoms with van der Waals surface area (Å²) in [5, 5.41) is 14.8. The Morgan fingerprint density at radius 2 is 1.53 bits per heavy atom. The highest BCUT2D eigenvalue weighted by atomic mass is 32.2. The van der Waals surface area contributed by atoms with Gasteiger partial charge in [0.15, 0.2) is 5.16 Å². The molecule has 2 amide bonds. The topological polar surface area (TPSA) is 88.9 Å². The number of aryl methyl sites for hydroxylation is 1. The van der Waals surface area contributed by atoms with Gasteiger partial charge in [-0.3, -0.25) is 9.59 Å². The first-order chi connectivity index (χ1) is 15.4. The number of anilines is 2. The average molecular weight is 452 g/mol. The molecule has 0 unspecified atom stereocenters. The third-order valence-electron chi connectivity index (χ3n) is 4.96. The summed E-state index contributed by atoms with van der Waals surface area (Å²) in [7, 11) is 0. The highest BCUT2D eigenvalue weighted by Gasteiger charge is 2.16. The van der Waals surface area contributed by atoms with Gasteiger partial charge in [-0.25, -0.2) is 0 Å². The molecule has 0 aliphatic rings. The number of amides is 2. The molecular formula is C24H29N5O2S. The second-order valence-corrected chi connectivity index (χ2v) is 8.79. The van der Waals surface area contributed by atoms with Crippen LogP contribution >= 0.6 is 11.8 Å². The first-order valence-electron chi connectivity index (χ1n) is 10.7. The molecule has 2 aromatic carbocycles. The van der Waals surface area contributed by atoms with Crippen LogP contribution in [0.2, 0.25) is 0 Å². The molecule has 2 N–H and O–H groups in total. The average Bonchev–Trinajstić information content (AvgIpc) is 3.15. The van der Waals surface area contributed by atoms with Gasteiger partial charge in [0, 0.05) is 17.9 Å². The van der Waals surface area contributed by atoms with Crippen LogP contribution < -0.4 is 10.6 Å². The normalized spacial score (nSPS) is 10.9. The number of benzene rings is 2. The molecule has 1 heterocycles. The van der Waals surface area contributed by atoms with Crippen LogP contribution in [0.1, 0.15) is 43.6 Å². The van der Waals surface area contributed by atoms with Crippen LogP contribution in [-0.4, -0.2) is 32.3 Å². The standard InChI is InChI=1S/C24H29N5O2S/c1-5-29-21(14-22(30)25-19-10-6-17(4)7-11-19)27-28-24(29)32-15-23(31)26-20-12-8-18(9-13-20)16(2)3/h6-13,16H,5,14-15H2,1-4H3,(H,25,30)(H,26,31). The van der Waals surface area contributed by atoms with E-state index in [9.17, 15) is 9.59 Å². The Kier molecular flexibility index (Phi) is 8.05. The lowest BCUT2D eigenvalue weighted by Crippen LogP contribution is -2.18. The first-order valence-corrected chi connectivity index (χ1v) is 11.7. The van der Waals surface area contributed by atoms with E-state index < -0.39 is 0 Å². The number of thioether (sulfide) groups is 1. The number of carbonyl (C=O) groups excluding carboxylic acids is 2. The quantitative estimate of drug-likeness (QED) is 0.463. The maximum Gasteiger partial charge on any atom is 0.234 e. The number of carbonyl (C=O) groups is 2. The molecule has 8 heteroatoms. The molecule has 0 aliphatic heterocycles. The zero-order chi connectivity index (χ0) is 23.1. The van der Waals surface area contributed by atoms with E-state index in [-0.39, 0.29) is 24.0 Å². The van der Waals surface area contributed by atoms with E-state index in [0.29, 0.717) is 23.4 Å². The maximum absolute atomic E-state index is 12.4. The minimum absolute atomic E-state index is 0.114. The van der Waals surface area contributed by atoms with E-state index in [0.717, 1.165) is 16.9 Å². The summed E-state index contributed by atoms with van der Waals surface area (Å²) in [6.07, 6.45) is 0.115. The molecule has 0 saturated heterocycles. The number of hydrogen-bond acceptors (Lipinski definition) is 5. The monoisotopic (exact) mass is 451 g/mol. The molecule has 1 aromatic heterocycles. The molecule has 0 aliphatic carbocycles. The Hall–Kier alpha value is -3.13. The van der Waals surface area contributed by atoms with Gasteiger partial charge in [-0.05, 0) is 49.6 Å².